The number of aromatic nitrogens is 2. The topological polar surface area (TPSA) is 92.3 Å². The predicted molar refractivity (Wildman–Crippen MR) is 89.0 cm³/mol. The maximum atomic E-state index is 13.4. The number of nitrogens with two attached hydrogens (primary N) is 1. The number of hydrogen-bond acceptors (Lipinski definition) is 5. The first-order valence-corrected chi connectivity index (χ1v) is 7.28. The SMILES string of the molecule is Cc1nnc(N)c2ccc(-c3cc(B(O)O)ccc3C(F)(F)F)cc12. The summed E-state index contributed by atoms with van der Waals surface area (Å²) in [6.45, 7) is 1.68. The van der Waals surface area contributed by atoms with Crippen LogP contribution in [0.15, 0.2) is 36.4 Å². The molecule has 9 heteroatoms. The molecule has 128 valence electrons. The molecular formula is C16H13BF3N3O2. The van der Waals surface area contributed by atoms with Gasteiger partial charge in [-0.1, -0.05) is 18.2 Å². The molecule has 2 aromatic carbocycles. The van der Waals surface area contributed by atoms with E-state index in [-0.39, 0.29) is 22.4 Å². The highest BCUT2D eigenvalue weighted by Crippen LogP contribution is 2.37. The number of aryl methyl sites for hydroxylation is 1. The lowest BCUT2D eigenvalue weighted by Crippen LogP contribution is -2.30. The van der Waals surface area contributed by atoms with Crippen molar-refractivity contribution < 1.29 is 23.2 Å². The van der Waals surface area contributed by atoms with Crippen LogP contribution in [0.4, 0.5) is 19.0 Å². The van der Waals surface area contributed by atoms with Crippen molar-refractivity contribution in [1.29, 1.82) is 0 Å². The fraction of sp³-hybridized carbons (Fsp3) is 0.125. The summed E-state index contributed by atoms with van der Waals surface area (Å²) in [6, 6.07) is 7.57. The number of alkyl halides is 3. The maximum Gasteiger partial charge on any atom is 0.488 e. The minimum absolute atomic E-state index is 0.0350. The van der Waals surface area contributed by atoms with Crippen LogP contribution in [0.2, 0.25) is 0 Å². The van der Waals surface area contributed by atoms with Gasteiger partial charge in [0.15, 0.2) is 5.82 Å². The number of nitrogens with zero attached hydrogens (tertiary/aromatic N) is 2. The normalized spacial score (nSPS) is 11.8. The third-order valence-electron chi connectivity index (χ3n) is 3.95. The summed E-state index contributed by atoms with van der Waals surface area (Å²) in [5.74, 6) is 0.183. The van der Waals surface area contributed by atoms with E-state index in [1.807, 2.05) is 0 Å². The Morgan fingerprint density at radius 2 is 1.72 bits per heavy atom. The van der Waals surface area contributed by atoms with E-state index in [1.54, 1.807) is 13.0 Å². The van der Waals surface area contributed by atoms with Gasteiger partial charge in [0.2, 0.25) is 0 Å². The Bertz CT molecular complexity index is 961. The van der Waals surface area contributed by atoms with E-state index in [4.69, 9.17) is 5.73 Å². The van der Waals surface area contributed by atoms with Gasteiger partial charge in [0.1, 0.15) is 0 Å². The van der Waals surface area contributed by atoms with Gasteiger partial charge in [0.05, 0.1) is 11.3 Å². The van der Waals surface area contributed by atoms with Crippen molar-refractivity contribution in [2.75, 3.05) is 5.73 Å². The average Bonchev–Trinajstić information content (AvgIpc) is 2.56. The Morgan fingerprint density at radius 3 is 2.36 bits per heavy atom. The molecule has 0 spiro atoms. The second-order valence-corrected chi connectivity index (χ2v) is 5.61. The molecule has 3 rings (SSSR count). The van der Waals surface area contributed by atoms with Gasteiger partial charge in [-0.25, -0.2) is 0 Å². The Kier molecular flexibility index (Phi) is 4.13. The smallest absolute Gasteiger partial charge is 0.423 e. The number of benzene rings is 2. The van der Waals surface area contributed by atoms with Crippen molar-refractivity contribution in [1.82, 2.24) is 10.2 Å². The molecule has 1 heterocycles. The molecule has 0 aliphatic heterocycles. The molecular weight excluding hydrogens is 334 g/mol. The summed E-state index contributed by atoms with van der Waals surface area (Å²) in [6.07, 6.45) is -4.59. The van der Waals surface area contributed by atoms with Crippen LogP contribution in [0.3, 0.4) is 0 Å². The summed E-state index contributed by atoms with van der Waals surface area (Å²) >= 11 is 0. The summed E-state index contributed by atoms with van der Waals surface area (Å²) in [5.41, 5.74) is 5.48. The van der Waals surface area contributed by atoms with E-state index in [0.717, 1.165) is 18.2 Å². The number of rotatable bonds is 2. The number of nitrogen functional groups attached to an aromatic ring is 1. The first-order chi connectivity index (χ1) is 11.7. The lowest BCUT2D eigenvalue weighted by Gasteiger charge is -2.15. The van der Waals surface area contributed by atoms with Gasteiger partial charge in [0, 0.05) is 10.8 Å². The van der Waals surface area contributed by atoms with Crippen LogP contribution in [0.25, 0.3) is 21.9 Å². The van der Waals surface area contributed by atoms with Crippen molar-refractivity contribution in [3.8, 4) is 11.1 Å². The molecule has 0 saturated carbocycles. The van der Waals surface area contributed by atoms with Crippen molar-refractivity contribution in [2.24, 2.45) is 0 Å². The van der Waals surface area contributed by atoms with Gasteiger partial charge in [-0.15, -0.1) is 5.10 Å². The summed E-state index contributed by atoms with van der Waals surface area (Å²) in [5, 5.41) is 27.4. The van der Waals surface area contributed by atoms with Gasteiger partial charge in [-0.2, -0.15) is 18.3 Å². The highest BCUT2D eigenvalue weighted by molar-refractivity contribution is 6.58. The second-order valence-electron chi connectivity index (χ2n) is 5.61. The molecule has 5 nitrogen and oxygen atoms in total. The van der Waals surface area contributed by atoms with Crippen molar-refractivity contribution in [3.05, 3.63) is 47.7 Å². The van der Waals surface area contributed by atoms with Crippen LogP contribution in [-0.2, 0) is 6.18 Å². The molecule has 25 heavy (non-hydrogen) atoms. The van der Waals surface area contributed by atoms with Crippen LogP contribution >= 0.6 is 0 Å². The molecule has 0 atom stereocenters. The predicted octanol–water partition coefficient (Wildman–Crippen LogP) is 1.89. The van der Waals surface area contributed by atoms with E-state index in [9.17, 15) is 23.2 Å². The van der Waals surface area contributed by atoms with Gasteiger partial charge >= 0.3 is 13.3 Å². The maximum absolute atomic E-state index is 13.4. The Hall–Kier alpha value is -2.65. The molecule has 1 aromatic heterocycles. The average molecular weight is 347 g/mol. The molecule has 4 N–H and O–H groups in total. The minimum atomic E-state index is -4.59. The van der Waals surface area contributed by atoms with Gasteiger partial charge in [-0.3, -0.25) is 0 Å². The standard InChI is InChI=1S/C16H13BF3N3O2/c1-8-12-6-9(2-4-11(12)15(21)23-22-8)13-7-10(17(24)25)3-5-14(13)16(18,19)20/h2-7,24-25H,1H3,(H2,21,23). The molecule has 0 bridgehead atoms. The first-order valence-electron chi connectivity index (χ1n) is 7.28. The molecule has 0 aliphatic carbocycles. The van der Waals surface area contributed by atoms with Crippen LogP contribution in [0.1, 0.15) is 11.3 Å². The molecule has 0 amide bonds. The number of halogens is 3. The summed E-state index contributed by atoms with van der Waals surface area (Å²) in [7, 11) is -1.87. The van der Waals surface area contributed by atoms with E-state index < -0.39 is 18.9 Å². The third-order valence-corrected chi connectivity index (χ3v) is 3.95. The van der Waals surface area contributed by atoms with E-state index in [1.165, 1.54) is 12.1 Å². The second kappa shape index (κ2) is 6.01. The fourth-order valence-corrected chi connectivity index (χ4v) is 2.68. The zero-order valence-electron chi connectivity index (χ0n) is 13.0. The Morgan fingerprint density at radius 1 is 1.00 bits per heavy atom. The fourth-order valence-electron chi connectivity index (χ4n) is 2.68. The quantitative estimate of drug-likeness (QED) is 0.616. The van der Waals surface area contributed by atoms with Crippen LogP contribution in [0.5, 0.6) is 0 Å². The summed E-state index contributed by atoms with van der Waals surface area (Å²) < 4.78 is 40.1. The van der Waals surface area contributed by atoms with Gasteiger partial charge in [-0.05, 0) is 41.7 Å². The van der Waals surface area contributed by atoms with Crippen molar-refractivity contribution in [2.45, 2.75) is 13.1 Å². The Labute approximate surface area is 141 Å². The zero-order valence-corrected chi connectivity index (χ0v) is 13.0. The molecule has 0 aliphatic rings. The highest BCUT2D eigenvalue weighted by Gasteiger charge is 2.34. The molecule has 3 aromatic rings. The van der Waals surface area contributed by atoms with E-state index in [0.29, 0.717) is 16.5 Å². The van der Waals surface area contributed by atoms with Crippen molar-refractivity contribution in [3.63, 3.8) is 0 Å². The number of anilines is 1. The molecule has 0 radical (unpaired) electrons. The number of fused-ring (bicyclic) bond motifs is 1. The van der Waals surface area contributed by atoms with Crippen LogP contribution < -0.4 is 11.2 Å². The van der Waals surface area contributed by atoms with Crippen molar-refractivity contribution >= 4 is 29.2 Å². The van der Waals surface area contributed by atoms with Gasteiger partial charge < -0.3 is 15.8 Å². The zero-order chi connectivity index (χ0) is 18.4. The van der Waals surface area contributed by atoms with Crippen LogP contribution in [0, 0.1) is 6.92 Å². The molecule has 0 unspecified atom stereocenters. The lowest BCUT2D eigenvalue weighted by atomic mass is 9.78. The third kappa shape index (κ3) is 3.15. The Balaban J connectivity index is 2.29. The lowest BCUT2D eigenvalue weighted by molar-refractivity contribution is -0.137. The first kappa shape index (κ1) is 17.2. The molecule has 0 fully saturated rings. The molecule has 0 saturated heterocycles. The summed E-state index contributed by atoms with van der Waals surface area (Å²) in [4.78, 5) is 0. The highest BCUT2D eigenvalue weighted by atomic mass is 19.4. The monoisotopic (exact) mass is 347 g/mol. The minimum Gasteiger partial charge on any atom is -0.423 e. The van der Waals surface area contributed by atoms with Crippen LogP contribution in [-0.4, -0.2) is 27.4 Å². The van der Waals surface area contributed by atoms with E-state index >= 15 is 0 Å². The van der Waals surface area contributed by atoms with E-state index in [2.05, 4.69) is 10.2 Å². The number of hydrogen-bond donors (Lipinski definition) is 3. The van der Waals surface area contributed by atoms with Gasteiger partial charge in [0.25, 0.3) is 0 Å². The largest absolute Gasteiger partial charge is 0.488 e.